The Morgan fingerprint density at radius 2 is 1.84 bits per heavy atom. The number of benzene rings is 1. The zero-order valence-electron chi connectivity index (χ0n) is 14.1. The second kappa shape index (κ2) is 8.34. The fraction of sp³-hybridized carbons (Fsp3) is 0.438. The summed E-state index contributed by atoms with van der Waals surface area (Å²) < 4.78 is 10.8. The number of hydrogen-bond donors (Lipinski definition) is 3. The predicted octanol–water partition coefficient (Wildman–Crippen LogP) is 0.901. The molecular formula is C16H21N3O6. The van der Waals surface area contributed by atoms with E-state index in [1.54, 1.807) is 32.0 Å². The molecule has 3 amide bonds. The van der Waals surface area contributed by atoms with Crippen LogP contribution in [0.15, 0.2) is 18.2 Å². The summed E-state index contributed by atoms with van der Waals surface area (Å²) in [7, 11) is 0. The van der Waals surface area contributed by atoms with Gasteiger partial charge in [-0.1, -0.05) is 0 Å². The predicted molar refractivity (Wildman–Crippen MR) is 88.9 cm³/mol. The molecule has 1 aromatic carbocycles. The zero-order valence-corrected chi connectivity index (χ0v) is 14.1. The van der Waals surface area contributed by atoms with E-state index in [1.807, 2.05) is 0 Å². The number of fused-ring (bicyclic) bond motifs is 1. The Morgan fingerprint density at radius 3 is 2.48 bits per heavy atom. The highest BCUT2D eigenvalue weighted by molar-refractivity contribution is 6.02. The molecule has 0 spiro atoms. The van der Waals surface area contributed by atoms with Gasteiger partial charge in [-0.05, 0) is 26.0 Å². The van der Waals surface area contributed by atoms with Gasteiger partial charge in [0.1, 0.15) is 13.2 Å². The summed E-state index contributed by atoms with van der Waals surface area (Å²) in [4.78, 5) is 36.1. The first kappa shape index (κ1) is 18.5. The fourth-order valence-corrected chi connectivity index (χ4v) is 2.23. The number of urea groups is 1. The fourth-order valence-electron chi connectivity index (χ4n) is 2.23. The molecule has 2 rings (SSSR count). The van der Waals surface area contributed by atoms with Gasteiger partial charge in [0, 0.05) is 17.8 Å². The zero-order chi connectivity index (χ0) is 18.4. The maximum Gasteiger partial charge on any atom is 0.325 e. The first-order valence-corrected chi connectivity index (χ1v) is 7.81. The number of carbonyl (C=O) groups excluding carboxylic acids is 2. The molecule has 1 aliphatic rings. The summed E-state index contributed by atoms with van der Waals surface area (Å²) >= 11 is 0. The minimum Gasteiger partial charge on any atom is -0.486 e. The number of imide groups is 1. The molecule has 25 heavy (non-hydrogen) atoms. The normalized spacial score (nSPS) is 12.8. The van der Waals surface area contributed by atoms with Crippen LogP contribution in [-0.2, 0) is 9.59 Å². The summed E-state index contributed by atoms with van der Waals surface area (Å²) in [5, 5.41) is 13.5. The summed E-state index contributed by atoms with van der Waals surface area (Å²) in [6.07, 6.45) is 0. The highest BCUT2D eigenvalue weighted by Gasteiger charge is 2.19. The molecule has 1 aromatic rings. The van der Waals surface area contributed by atoms with E-state index in [1.165, 1.54) is 4.90 Å². The van der Waals surface area contributed by atoms with Crippen LogP contribution in [-0.4, -0.2) is 60.3 Å². The van der Waals surface area contributed by atoms with Crippen LogP contribution in [0.3, 0.4) is 0 Å². The molecule has 0 radical (unpaired) electrons. The van der Waals surface area contributed by atoms with Crippen LogP contribution in [0, 0.1) is 0 Å². The van der Waals surface area contributed by atoms with Gasteiger partial charge in [0.05, 0.1) is 13.1 Å². The van der Waals surface area contributed by atoms with Crippen molar-refractivity contribution < 1.29 is 29.0 Å². The van der Waals surface area contributed by atoms with E-state index in [4.69, 9.17) is 14.6 Å². The lowest BCUT2D eigenvalue weighted by Crippen LogP contribution is -2.45. The highest BCUT2D eigenvalue weighted by Crippen LogP contribution is 2.32. The molecule has 0 unspecified atom stereocenters. The Morgan fingerprint density at radius 1 is 1.16 bits per heavy atom. The third-order valence-corrected chi connectivity index (χ3v) is 3.47. The second-order valence-corrected chi connectivity index (χ2v) is 5.75. The van der Waals surface area contributed by atoms with Crippen LogP contribution in [0.2, 0.25) is 0 Å². The van der Waals surface area contributed by atoms with Crippen molar-refractivity contribution in [3.05, 3.63) is 18.2 Å². The third kappa shape index (κ3) is 5.64. The minimum atomic E-state index is -1.04. The molecule has 1 aliphatic heterocycles. The molecule has 0 atom stereocenters. The Bertz CT molecular complexity index is 661. The van der Waals surface area contributed by atoms with E-state index in [-0.39, 0.29) is 19.1 Å². The molecular weight excluding hydrogens is 330 g/mol. The van der Waals surface area contributed by atoms with Gasteiger partial charge in [-0.2, -0.15) is 0 Å². The topological polar surface area (TPSA) is 117 Å². The lowest BCUT2D eigenvalue weighted by molar-refractivity contribution is -0.139. The molecule has 0 bridgehead atoms. The maximum atomic E-state index is 11.9. The molecule has 0 fully saturated rings. The number of carboxylic acid groups (broad SMARTS) is 1. The van der Waals surface area contributed by atoms with Gasteiger partial charge in [0.25, 0.3) is 0 Å². The lowest BCUT2D eigenvalue weighted by atomic mass is 10.2. The highest BCUT2D eigenvalue weighted by atomic mass is 16.6. The number of nitrogens with zero attached hydrogens (tertiary/aromatic N) is 1. The summed E-state index contributed by atoms with van der Waals surface area (Å²) in [6.45, 7) is 3.96. The molecule has 9 heteroatoms. The summed E-state index contributed by atoms with van der Waals surface area (Å²) in [5.41, 5.74) is 0.445. The van der Waals surface area contributed by atoms with Crippen LogP contribution >= 0.6 is 0 Å². The monoisotopic (exact) mass is 351 g/mol. The van der Waals surface area contributed by atoms with Crippen molar-refractivity contribution in [2.24, 2.45) is 0 Å². The number of rotatable bonds is 6. The number of anilines is 1. The van der Waals surface area contributed by atoms with E-state index in [0.29, 0.717) is 30.4 Å². The smallest absolute Gasteiger partial charge is 0.325 e. The number of aliphatic carboxylic acids is 1. The molecule has 1 heterocycles. The van der Waals surface area contributed by atoms with Crippen LogP contribution in [0.1, 0.15) is 13.8 Å². The first-order valence-electron chi connectivity index (χ1n) is 7.81. The van der Waals surface area contributed by atoms with Gasteiger partial charge in [0.15, 0.2) is 11.5 Å². The average Bonchev–Trinajstić information content (AvgIpc) is 2.53. The van der Waals surface area contributed by atoms with Gasteiger partial charge in [-0.3, -0.25) is 19.8 Å². The first-order chi connectivity index (χ1) is 11.8. The number of carbonyl (C=O) groups is 3. The van der Waals surface area contributed by atoms with Crippen molar-refractivity contribution in [1.29, 1.82) is 0 Å². The SMILES string of the molecule is CC(C)N(CC(=O)O)CC(=O)NC(=O)Nc1ccc2c(c1)OCCO2. The van der Waals surface area contributed by atoms with Gasteiger partial charge < -0.3 is 19.9 Å². The van der Waals surface area contributed by atoms with Crippen molar-refractivity contribution >= 4 is 23.6 Å². The van der Waals surface area contributed by atoms with E-state index < -0.39 is 17.9 Å². The second-order valence-electron chi connectivity index (χ2n) is 5.75. The quantitative estimate of drug-likeness (QED) is 0.697. The number of carboxylic acids is 1. The minimum absolute atomic E-state index is 0.150. The standard InChI is InChI=1S/C16H21N3O6/c1-10(2)19(9-15(21)22)8-14(20)18-16(23)17-11-3-4-12-13(7-11)25-6-5-24-12/h3-4,7,10H,5-6,8-9H2,1-2H3,(H,21,22)(H2,17,18,20,23). The van der Waals surface area contributed by atoms with Gasteiger partial charge >= 0.3 is 12.0 Å². The molecule has 136 valence electrons. The van der Waals surface area contributed by atoms with Crippen molar-refractivity contribution in [2.75, 3.05) is 31.6 Å². The largest absolute Gasteiger partial charge is 0.486 e. The van der Waals surface area contributed by atoms with Gasteiger partial charge in [0.2, 0.25) is 5.91 Å². The summed E-state index contributed by atoms with van der Waals surface area (Å²) in [5.74, 6) is -0.524. The molecule has 9 nitrogen and oxygen atoms in total. The van der Waals surface area contributed by atoms with Crippen molar-refractivity contribution in [3.8, 4) is 11.5 Å². The number of nitrogens with one attached hydrogen (secondary N) is 2. The van der Waals surface area contributed by atoms with Gasteiger partial charge in [-0.15, -0.1) is 0 Å². The van der Waals surface area contributed by atoms with Crippen molar-refractivity contribution in [3.63, 3.8) is 0 Å². The van der Waals surface area contributed by atoms with Crippen LogP contribution < -0.4 is 20.1 Å². The Balaban J connectivity index is 1.88. The molecule has 0 aliphatic carbocycles. The average molecular weight is 351 g/mol. The maximum absolute atomic E-state index is 11.9. The number of hydrogen-bond acceptors (Lipinski definition) is 6. The molecule has 0 saturated carbocycles. The molecule has 0 aromatic heterocycles. The Hall–Kier alpha value is -2.81. The third-order valence-electron chi connectivity index (χ3n) is 3.47. The van der Waals surface area contributed by atoms with Crippen molar-refractivity contribution in [1.82, 2.24) is 10.2 Å². The van der Waals surface area contributed by atoms with E-state index in [9.17, 15) is 14.4 Å². The van der Waals surface area contributed by atoms with E-state index >= 15 is 0 Å². The number of ether oxygens (including phenoxy) is 2. The Labute approximate surface area is 144 Å². The van der Waals surface area contributed by atoms with E-state index in [0.717, 1.165) is 0 Å². The molecule has 0 saturated heterocycles. The molecule has 3 N–H and O–H groups in total. The van der Waals surface area contributed by atoms with Crippen LogP contribution in [0.4, 0.5) is 10.5 Å². The van der Waals surface area contributed by atoms with Crippen molar-refractivity contribution in [2.45, 2.75) is 19.9 Å². The van der Waals surface area contributed by atoms with E-state index in [2.05, 4.69) is 10.6 Å². The van der Waals surface area contributed by atoms with Crippen LogP contribution in [0.5, 0.6) is 11.5 Å². The number of amides is 3. The summed E-state index contributed by atoms with van der Waals surface area (Å²) in [6, 6.07) is 4.04. The van der Waals surface area contributed by atoms with Crippen LogP contribution in [0.25, 0.3) is 0 Å². The Kier molecular flexibility index (Phi) is 6.18. The van der Waals surface area contributed by atoms with Gasteiger partial charge in [-0.25, -0.2) is 4.79 Å². The lowest BCUT2D eigenvalue weighted by Gasteiger charge is -2.23.